The normalized spacial score (nSPS) is 11.7. The largest absolute Gasteiger partial charge is 0.618 e. The summed E-state index contributed by atoms with van der Waals surface area (Å²) in [6.45, 7) is 1.46. The van der Waals surface area contributed by atoms with Crippen LogP contribution in [0.4, 0.5) is 10.1 Å². The van der Waals surface area contributed by atoms with E-state index in [2.05, 4.69) is 20.8 Å². The lowest BCUT2D eigenvalue weighted by Crippen LogP contribution is -2.38. The number of amides is 1. The summed E-state index contributed by atoms with van der Waals surface area (Å²) in [6, 6.07) is 20.7. The molecular formula is C29H22ClFN6O3. The molecule has 200 valence electrons. The molecule has 11 heteroatoms. The molecule has 0 bridgehead atoms. The van der Waals surface area contributed by atoms with E-state index in [1.165, 1.54) is 36.3 Å². The minimum Gasteiger partial charge on any atom is -0.618 e. The molecule has 5 rings (SSSR count). The minimum absolute atomic E-state index is 0.0949. The molecular weight excluding hydrogens is 535 g/mol. The molecule has 2 aromatic heterocycles. The van der Waals surface area contributed by atoms with Crippen molar-refractivity contribution in [3.8, 4) is 16.8 Å². The lowest BCUT2D eigenvalue weighted by Gasteiger charge is -2.18. The summed E-state index contributed by atoms with van der Waals surface area (Å²) in [5.41, 5.74) is 3.60. The van der Waals surface area contributed by atoms with Gasteiger partial charge in [0, 0.05) is 33.5 Å². The van der Waals surface area contributed by atoms with Gasteiger partial charge in [0.1, 0.15) is 18.1 Å². The van der Waals surface area contributed by atoms with Crippen LogP contribution in [0.1, 0.15) is 34.5 Å². The molecule has 1 N–H and O–H groups in total. The zero-order chi connectivity index (χ0) is 28.2. The molecule has 5 aromatic rings. The predicted octanol–water partition coefficient (Wildman–Crippen LogP) is 4.92. The summed E-state index contributed by atoms with van der Waals surface area (Å²) >= 11 is 6.25. The fraction of sp³-hybridized carbons (Fsp3) is 0.103. The van der Waals surface area contributed by atoms with Crippen molar-refractivity contribution in [1.29, 1.82) is 0 Å². The van der Waals surface area contributed by atoms with Crippen molar-refractivity contribution in [3.05, 3.63) is 124 Å². The van der Waals surface area contributed by atoms with E-state index < -0.39 is 17.6 Å². The topological polar surface area (TPSA) is 117 Å². The van der Waals surface area contributed by atoms with Crippen LogP contribution < -0.4 is 10.0 Å². The molecule has 9 nitrogen and oxygen atoms in total. The summed E-state index contributed by atoms with van der Waals surface area (Å²) in [4.78, 5) is 25.1. The van der Waals surface area contributed by atoms with Crippen molar-refractivity contribution in [2.24, 2.45) is 0 Å². The van der Waals surface area contributed by atoms with Crippen molar-refractivity contribution >= 4 is 29.0 Å². The van der Waals surface area contributed by atoms with Crippen LogP contribution in [0.2, 0.25) is 5.02 Å². The first-order chi connectivity index (χ1) is 19.3. The van der Waals surface area contributed by atoms with E-state index in [-0.39, 0.29) is 17.9 Å². The highest BCUT2D eigenvalue weighted by Gasteiger charge is 2.29. The molecule has 2 heterocycles. The van der Waals surface area contributed by atoms with Gasteiger partial charge >= 0.3 is 0 Å². The van der Waals surface area contributed by atoms with Crippen molar-refractivity contribution in [2.75, 3.05) is 5.32 Å². The lowest BCUT2D eigenvalue weighted by molar-refractivity contribution is -0.614. The highest BCUT2D eigenvalue weighted by Crippen LogP contribution is 2.30. The molecule has 3 aromatic carbocycles. The maximum absolute atomic E-state index is 13.5. The smallest absolute Gasteiger partial charge is 0.238 e. The number of nitrogens with zero attached hydrogens (tertiary/aromatic N) is 5. The van der Waals surface area contributed by atoms with Crippen LogP contribution in [0.3, 0.4) is 0 Å². The van der Waals surface area contributed by atoms with Crippen molar-refractivity contribution < 1.29 is 18.7 Å². The number of pyridine rings is 1. The van der Waals surface area contributed by atoms with Gasteiger partial charge in [-0.15, -0.1) is 5.10 Å². The van der Waals surface area contributed by atoms with Crippen LogP contribution in [-0.4, -0.2) is 31.9 Å². The van der Waals surface area contributed by atoms with Gasteiger partial charge in [-0.3, -0.25) is 9.59 Å². The maximum atomic E-state index is 13.5. The summed E-state index contributed by atoms with van der Waals surface area (Å²) < 4.78 is 15.6. The second kappa shape index (κ2) is 11.4. The molecule has 0 spiro atoms. The molecule has 0 radical (unpaired) electrons. The van der Waals surface area contributed by atoms with Crippen molar-refractivity contribution in [1.82, 2.24) is 20.2 Å². The Bertz CT molecular complexity index is 1680. The molecule has 0 aliphatic heterocycles. The Kier molecular flexibility index (Phi) is 7.61. The number of hydrogen-bond donors (Lipinski definition) is 1. The molecule has 0 saturated carbocycles. The standard InChI is InChI=1S/C29H22ClFN6O3/c1-18(38)20-4-10-24(11-5-20)33-29(39)26(14-19-2-8-23(31)9-3-19)28-12-6-21(16-37(28)40)25-15-22(30)7-13-27(25)36-17-32-34-35-36/h2-13,15-17,26H,14H2,1H3,(H,33,39)/t26-/m0/s1. The summed E-state index contributed by atoms with van der Waals surface area (Å²) in [5, 5.41) is 28.0. The van der Waals surface area contributed by atoms with Crippen LogP contribution in [0, 0.1) is 11.0 Å². The molecule has 1 amide bonds. The number of nitrogens with one attached hydrogen (secondary N) is 1. The van der Waals surface area contributed by atoms with Gasteiger partial charge in [-0.1, -0.05) is 23.7 Å². The molecule has 40 heavy (non-hydrogen) atoms. The first-order valence-electron chi connectivity index (χ1n) is 12.2. The zero-order valence-electron chi connectivity index (χ0n) is 21.2. The number of Topliss-reactive ketones (excluding diaryl/α,β-unsaturated/α-hetero) is 1. The van der Waals surface area contributed by atoms with Crippen LogP contribution >= 0.6 is 11.6 Å². The van der Waals surface area contributed by atoms with Gasteiger partial charge in [-0.2, -0.15) is 9.41 Å². The number of ketones is 1. The average Bonchev–Trinajstić information content (AvgIpc) is 3.48. The summed E-state index contributed by atoms with van der Waals surface area (Å²) in [7, 11) is 0. The fourth-order valence-corrected chi connectivity index (χ4v) is 4.51. The van der Waals surface area contributed by atoms with Crippen LogP contribution in [0.25, 0.3) is 16.8 Å². The highest BCUT2D eigenvalue weighted by atomic mass is 35.5. The number of halogens is 2. The Balaban J connectivity index is 1.50. The second-order valence-electron chi connectivity index (χ2n) is 9.09. The van der Waals surface area contributed by atoms with Crippen LogP contribution in [0.5, 0.6) is 0 Å². The monoisotopic (exact) mass is 556 g/mol. The average molecular weight is 557 g/mol. The number of hydrogen-bond acceptors (Lipinski definition) is 6. The van der Waals surface area contributed by atoms with Crippen LogP contribution in [-0.2, 0) is 11.2 Å². The van der Waals surface area contributed by atoms with Crippen molar-refractivity contribution in [3.63, 3.8) is 0 Å². The number of anilines is 1. The van der Waals surface area contributed by atoms with Gasteiger partial charge in [0.05, 0.1) is 5.69 Å². The number of benzene rings is 3. The highest BCUT2D eigenvalue weighted by molar-refractivity contribution is 6.31. The Labute approximate surface area is 233 Å². The van der Waals surface area contributed by atoms with Crippen molar-refractivity contribution in [2.45, 2.75) is 19.3 Å². The van der Waals surface area contributed by atoms with E-state index in [1.807, 2.05) is 0 Å². The summed E-state index contributed by atoms with van der Waals surface area (Å²) in [6.07, 6.45) is 2.94. The number of rotatable bonds is 8. The third-order valence-corrected chi connectivity index (χ3v) is 6.63. The zero-order valence-corrected chi connectivity index (χ0v) is 21.9. The Morgan fingerprint density at radius 3 is 2.45 bits per heavy atom. The molecule has 1 atom stereocenters. The SMILES string of the molecule is CC(=O)c1ccc(NC(=O)[C@@H](Cc2ccc(F)cc2)c2ccc(-c3cc(Cl)ccc3-n3cnnn3)c[n+]2[O-])cc1. The molecule has 0 fully saturated rings. The lowest BCUT2D eigenvalue weighted by atomic mass is 9.93. The van der Waals surface area contributed by atoms with Crippen LogP contribution in [0.15, 0.2) is 91.4 Å². The van der Waals surface area contributed by atoms with Gasteiger partial charge in [0.15, 0.2) is 12.0 Å². The fourth-order valence-electron chi connectivity index (χ4n) is 4.34. The van der Waals surface area contributed by atoms with E-state index in [4.69, 9.17) is 11.6 Å². The predicted molar refractivity (Wildman–Crippen MR) is 146 cm³/mol. The van der Waals surface area contributed by atoms with E-state index >= 15 is 0 Å². The van der Waals surface area contributed by atoms with Gasteiger partial charge in [-0.25, -0.2) is 4.39 Å². The van der Waals surface area contributed by atoms with E-state index in [0.717, 1.165) is 0 Å². The van der Waals surface area contributed by atoms with E-state index in [1.54, 1.807) is 66.7 Å². The Morgan fingerprint density at radius 1 is 1.05 bits per heavy atom. The quantitative estimate of drug-likeness (QED) is 0.165. The number of carbonyl (C=O) groups is 2. The van der Waals surface area contributed by atoms with E-state index in [0.29, 0.717) is 43.4 Å². The van der Waals surface area contributed by atoms with Gasteiger partial charge in [-0.05, 0) is 90.0 Å². The number of aromatic nitrogens is 5. The summed E-state index contributed by atoms with van der Waals surface area (Å²) in [5.74, 6) is -1.85. The number of carbonyl (C=O) groups excluding carboxylic acids is 2. The maximum Gasteiger partial charge on any atom is 0.238 e. The molecule has 0 aliphatic rings. The molecule has 0 aliphatic carbocycles. The van der Waals surface area contributed by atoms with Gasteiger partial charge < -0.3 is 10.5 Å². The van der Waals surface area contributed by atoms with Gasteiger partial charge in [0.2, 0.25) is 11.6 Å². The molecule has 0 unspecified atom stereocenters. The number of tetrazole rings is 1. The van der Waals surface area contributed by atoms with E-state index in [9.17, 15) is 19.2 Å². The molecule has 0 saturated heterocycles. The third kappa shape index (κ3) is 5.87. The first-order valence-corrected chi connectivity index (χ1v) is 12.6. The third-order valence-electron chi connectivity index (χ3n) is 6.40. The Hall–Kier alpha value is -4.96. The Morgan fingerprint density at radius 2 is 1.80 bits per heavy atom. The minimum atomic E-state index is -0.914. The second-order valence-corrected chi connectivity index (χ2v) is 9.53. The van der Waals surface area contributed by atoms with Gasteiger partial charge in [0.25, 0.3) is 0 Å². The first kappa shape index (κ1) is 26.6.